The van der Waals surface area contributed by atoms with Crippen LogP contribution in [-0.2, 0) is 5.41 Å². The summed E-state index contributed by atoms with van der Waals surface area (Å²) in [6, 6.07) is -0.0346. The lowest BCUT2D eigenvalue weighted by molar-refractivity contribution is -0.288. The van der Waals surface area contributed by atoms with E-state index in [0.29, 0.717) is 0 Å². The summed E-state index contributed by atoms with van der Waals surface area (Å²) < 4.78 is 356. The number of benzene rings is 6. The second-order valence-electron chi connectivity index (χ2n) is 12.8. The average Bonchev–Trinajstić information content (AvgIpc) is 3.25. The molecular weight excluding hydrogens is 956 g/mol. The van der Waals surface area contributed by atoms with Gasteiger partial charge in [-0.2, -0.15) is 43.9 Å². The third kappa shape index (κ3) is 7.25. The highest BCUT2D eigenvalue weighted by Crippen LogP contribution is 2.57. The third-order valence-electron chi connectivity index (χ3n) is 9.23. The zero-order valence-corrected chi connectivity index (χ0v) is 30.0. The van der Waals surface area contributed by atoms with Gasteiger partial charge in [0.15, 0.2) is 69.8 Å². The fraction of sp³-hybridized carbons (Fsp3) is 0.0769. The van der Waals surface area contributed by atoms with E-state index in [4.69, 9.17) is 0 Å². The molecule has 0 spiro atoms. The molecule has 0 bridgehead atoms. The molecule has 0 atom stereocenters. The van der Waals surface area contributed by atoms with Crippen molar-refractivity contribution >= 4 is 0 Å². The fourth-order valence-corrected chi connectivity index (χ4v) is 6.25. The Morgan fingerprint density at radius 2 is 0.431 bits per heavy atom. The van der Waals surface area contributed by atoms with E-state index in [0.717, 1.165) is 0 Å². The molecule has 65 heavy (non-hydrogen) atoms. The molecule has 0 saturated heterocycles. The van der Waals surface area contributed by atoms with Crippen molar-refractivity contribution in [3.8, 4) is 45.3 Å². The molecule has 0 aliphatic rings. The summed E-state index contributed by atoms with van der Waals surface area (Å²) in [5, 5.41) is 0. The van der Waals surface area contributed by atoms with Gasteiger partial charge < -0.3 is 9.47 Å². The molecule has 0 aliphatic heterocycles. The minimum absolute atomic E-state index is 0.0798. The molecule has 0 aromatic heterocycles. The average molecular weight is 964 g/mol. The SMILES string of the molecule is Fc1c(F)c(F)c(-c2c(F)c(F)c(Oc3ccc(C(c4ccc(Oc5c(F)c(F)c(-c6c(F)c(F)c(F)c(F)c6F)c(F)c5F)cc4)(C(F)(F)F)C(F)(F)F)cc3)c(F)c2F)c(F)c1F. The molecule has 0 N–H and O–H groups in total. The Balaban J connectivity index is 1.38. The number of alkyl halides is 6. The summed E-state index contributed by atoms with van der Waals surface area (Å²) in [6.07, 6.45) is -13.0. The second-order valence-corrected chi connectivity index (χ2v) is 12.8. The van der Waals surface area contributed by atoms with Gasteiger partial charge in [0.1, 0.15) is 11.5 Å². The first-order valence-electron chi connectivity index (χ1n) is 16.5. The maximum absolute atomic E-state index is 15.0. The molecule has 0 amide bonds. The Morgan fingerprint density at radius 3 is 0.631 bits per heavy atom. The van der Waals surface area contributed by atoms with Crippen LogP contribution in [0.25, 0.3) is 22.3 Å². The predicted molar refractivity (Wildman–Crippen MR) is 169 cm³/mol. The van der Waals surface area contributed by atoms with Gasteiger partial charge in [0.25, 0.3) is 0 Å². The van der Waals surface area contributed by atoms with Crippen molar-refractivity contribution < 1.29 is 115 Å². The van der Waals surface area contributed by atoms with Crippen LogP contribution < -0.4 is 9.47 Å². The second kappa shape index (κ2) is 16.3. The summed E-state index contributed by atoms with van der Waals surface area (Å²) in [5.41, 5.74) is -18.9. The Hall–Kier alpha value is -6.76. The molecule has 0 saturated carbocycles. The zero-order chi connectivity index (χ0) is 48.7. The monoisotopic (exact) mass is 964 g/mol. The number of halogens is 24. The molecule has 6 rings (SSSR count). The van der Waals surface area contributed by atoms with Gasteiger partial charge >= 0.3 is 12.4 Å². The maximum Gasteiger partial charge on any atom is 0.411 e. The van der Waals surface area contributed by atoms with Gasteiger partial charge in [-0.05, 0) is 35.4 Å². The van der Waals surface area contributed by atoms with Gasteiger partial charge in [0, 0.05) is 0 Å². The van der Waals surface area contributed by atoms with Gasteiger partial charge in [-0.3, -0.25) is 0 Å². The smallest absolute Gasteiger partial charge is 0.411 e. The number of hydrogen-bond donors (Lipinski definition) is 0. The lowest BCUT2D eigenvalue weighted by atomic mass is 9.73. The normalized spacial score (nSPS) is 12.3. The van der Waals surface area contributed by atoms with Gasteiger partial charge in [-0.25, -0.2) is 61.5 Å². The van der Waals surface area contributed by atoms with Crippen molar-refractivity contribution in [3.05, 3.63) is 164 Å². The standard InChI is InChI=1S/C39H8F24O2/c40-17-13(18(41)26(49)29(52)25(17)48)15-21(44)31(54)35(32(55)22(15)45)64-11-5-1-9(2-6-11)37(38(58,59)60,39(61,62)63)10-3-7-12(8-4-10)65-36-33(56)23(46)16(24(47)34(36)57)14-19(42)27(50)30(53)28(51)20(14)43/h1-8H. The topological polar surface area (TPSA) is 18.5 Å². The van der Waals surface area contributed by atoms with Crippen LogP contribution in [0.2, 0.25) is 0 Å². The lowest BCUT2D eigenvalue weighted by Crippen LogP contribution is -2.54. The quantitative estimate of drug-likeness (QED) is 0.0860. The van der Waals surface area contributed by atoms with E-state index >= 15 is 0 Å². The first-order chi connectivity index (χ1) is 30.0. The van der Waals surface area contributed by atoms with Crippen molar-refractivity contribution in [1.82, 2.24) is 0 Å². The van der Waals surface area contributed by atoms with Crippen LogP contribution >= 0.6 is 0 Å². The Kier molecular flexibility index (Phi) is 12.0. The zero-order valence-electron chi connectivity index (χ0n) is 30.0. The van der Waals surface area contributed by atoms with E-state index in [1.54, 1.807) is 0 Å². The van der Waals surface area contributed by atoms with Crippen LogP contribution in [0.3, 0.4) is 0 Å². The summed E-state index contributed by atoms with van der Waals surface area (Å²) in [7, 11) is 0. The van der Waals surface area contributed by atoms with Crippen LogP contribution in [0, 0.1) is 105 Å². The van der Waals surface area contributed by atoms with Crippen molar-refractivity contribution in [1.29, 1.82) is 0 Å². The molecule has 0 unspecified atom stereocenters. The van der Waals surface area contributed by atoms with E-state index in [1.807, 2.05) is 0 Å². The molecule has 6 aromatic rings. The maximum atomic E-state index is 15.0. The summed E-state index contributed by atoms with van der Waals surface area (Å²) >= 11 is 0. The molecule has 2 nitrogen and oxygen atoms in total. The molecule has 0 fully saturated rings. The molecule has 0 heterocycles. The Bertz CT molecular complexity index is 2610. The minimum Gasteiger partial charge on any atom is -0.451 e. The number of ether oxygens (including phenoxy) is 2. The van der Waals surface area contributed by atoms with E-state index in [9.17, 15) is 105 Å². The van der Waals surface area contributed by atoms with E-state index in [-0.39, 0.29) is 48.5 Å². The first kappa shape index (κ1) is 47.7. The number of rotatable bonds is 8. The lowest BCUT2D eigenvalue weighted by Gasteiger charge is -2.38. The first-order valence-corrected chi connectivity index (χ1v) is 16.5. The van der Waals surface area contributed by atoms with Crippen molar-refractivity contribution in [3.63, 3.8) is 0 Å². The van der Waals surface area contributed by atoms with Crippen LogP contribution in [0.5, 0.6) is 23.0 Å². The van der Waals surface area contributed by atoms with Crippen LogP contribution in [0.1, 0.15) is 11.1 Å². The van der Waals surface area contributed by atoms with Gasteiger partial charge in [0.05, 0.1) is 22.3 Å². The third-order valence-corrected chi connectivity index (χ3v) is 9.23. The Labute approximate surface area is 342 Å². The molecule has 6 aromatic carbocycles. The summed E-state index contributed by atoms with van der Waals surface area (Å²) in [4.78, 5) is 0. The van der Waals surface area contributed by atoms with Gasteiger partial charge in [-0.1, -0.05) is 24.3 Å². The Morgan fingerprint density at radius 1 is 0.246 bits per heavy atom. The predicted octanol–water partition coefficient (Wildman–Crippen LogP) is 14.5. The minimum atomic E-state index is -6.48. The number of hydrogen-bond acceptors (Lipinski definition) is 2. The van der Waals surface area contributed by atoms with Crippen molar-refractivity contribution in [2.45, 2.75) is 17.8 Å². The molecule has 344 valence electrons. The van der Waals surface area contributed by atoms with Crippen molar-refractivity contribution in [2.24, 2.45) is 0 Å². The van der Waals surface area contributed by atoms with Gasteiger partial charge in [-0.15, -0.1) is 0 Å². The molecule has 0 radical (unpaired) electrons. The summed E-state index contributed by atoms with van der Waals surface area (Å²) in [6.45, 7) is 0. The molecular formula is C39H8F24O2. The highest BCUT2D eigenvalue weighted by molar-refractivity contribution is 5.70. The van der Waals surface area contributed by atoms with E-state index in [1.165, 1.54) is 0 Å². The van der Waals surface area contributed by atoms with Gasteiger partial charge in [0.2, 0.25) is 51.8 Å². The van der Waals surface area contributed by atoms with Crippen LogP contribution in [0.4, 0.5) is 105 Å². The van der Waals surface area contributed by atoms with E-state index in [2.05, 4.69) is 9.47 Å². The van der Waals surface area contributed by atoms with E-state index < -0.39 is 179 Å². The molecule has 26 heteroatoms. The van der Waals surface area contributed by atoms with Crippen LogP contribution in [-0.4, -0.2) is 12.4 Å². The highest BCUT2D eigenvalue weighted by Gasteiger charge is 2.72. The highest BCUT2D eigenvalue weighted by atomic mass is 19.4. The molecule has 0 aliphatic carbocycles. The largest absolute Gasteiger partial charge is 0.451 e. The fourth-order valence-electron chi connectivity index (χ4n) is 6.25. The summed E-state index contributed by atoms with van der Waals surface area (Å²) in [5.74, 6) is -58.5. The van der Waals surface area contributed by atoms with Crippen molar-refractivity contribution in [2.75, 3.05) is 0 Å². The van der Waals surface area contributed by atoms with Crippen LogP contribution in [0.15, 0.2) is 48.5 Å².